The summed E-state index contributed by atoms with van der Waals surface area (Å²) in [7, 11) is 1.51. The lowest BCUT2D eigenvalue weighted by molar-refractivity contribution is -0.123. The average molecular weight is 501 g/mol. The molecule has 3 fully saturated rings. The molecule has 0 saturated carbocycles. The molecule has 0 bridgehead atoms. The van der Waals surface area contributed by atoms with E-state index in [1.165, 1.54) is 22.8 Å². The van der Waals surface area contributed by atoms with Crippen molar-refractivity contribution in [1.82, 2.24) is 19.8 Å². The predicted molar refractivity (Wildman–Crippen MR) is 116 cm³/mol. The van der Waals surface area contributed by atoms with E-state index in [2.05, 4.69) is 10.3 Å². The zero-order valence-corrected chi connectivity index (χ0v) is 19.1. The number of methoxy groups -OCH3 is 1. The number of nitrogens with one attached hydrogen (secondary N) is 1. The summed E-state index contributed by atoms with van der Waals surface area (Å²) in [5.41, 5.74) is 5.62. The van der Waals surface area contributed by atoms with Crippen LogP contribution in [0.15, 0.2) is 11.0 Å². The van der Waals surface area contributed by atoms with Gasteiger partial charge in [-0.05, 0) is 0 Å². The second-order valence-electron chi connectivity index (χ2n) is 8.30. The van der Waals surface area contributed by atoms with Gasteiger partial charge in [-0.15, -0.1) is 0 Å². The van der Waals surface area contributed by atoms with Crippen LogP contribution < -0.4 is 16.7 Å². The van der Waals surface area contributed by atoms with Gasteiger partial charge in [0.25, 0.3) is 0 Å². The fourth-order valence-corrected chi connectivity index (χ4v) is 3.97. The zero-order valence-electron chi connectivity index (χ0n) is 19.1. The van der Waals surface area contributed by atoms with Crippen LogP contribution in [0.5, 0.6) is 0 Å². The van der Waals surface area contributed by atoms with Crippen LogP contribution >= 0.6 is 0 Å². The summed E-state index contributed by atoms with van der Waals surface area (Å²) in [6.45, 7) is -0.0934. The first-order valence-electron chi connectivity index (χ1n) is 11.0. The monoisotopic (exact) mass is 501 g/mol. The SMILES string of the molecule is COCc1cn([C@H]2C[C@H](O)[C@@H](CO)O2)c(=O)nc1N.O=C1CCN([C@H]2C[C@H](O)[C@@H](CO)O2)C(=O)N1. The summed E-state index contributed by atoms with van der Waals surface area (Å²) in [4.78, 5) is 39.2. The van der Waals surface area contributed by atoms with Crippen molar-refractivity contribution in [2.24, 2.45) is 0 Å². The van der Waals surface area contributed by atoms with E-state index in [4.69, 9.17) is 30.2 Å². The molecular formula is C20H31N5O10. The molecule has 3 aliphatic heterocycles. The number of aromatic nitrogens is 2. The van der Waals surface area contributed by atoms with Crippen LogP contribution in [0.3, 0.4) is 0 Å². The molecule has 15 heteroatoms. The molecule has 4 heterocycles. The largest absolute Gasteiger partial charge is 0.394 e. The first-order valence-corrected chi connectivity index (χ1v) is 11.0. The van der Waals surface area contributed by atoms with Gasteiger partial charge in [0.15, 0.2) is 0 Å². The van der Waals surface area contributed by atoms with Crippen LogP contribution in [0.25, 0.3) is 0 Å². The van der Waals surface area contributed by atoms with Crippen LogP contribution in [0.1, 0.15) is 31.1 Å². The smallest absolute Gasteiger partial charge is 0.351 e. The Labute approximate surface area is 200 Å². The van der Waals surface area contributed by atoms with E-state index >= 15 is 0 Å². The Morgan fingerprint density at radius 2 is 1.71 bits per heavy atom. The lowest BCUT2D eigenvalue weighted by Gasteiger charge is -2.31. The molecule has 35 heavy (non-hydrogen) atoms. The van der Waals surface area contributed by atoms with Crippen molar-refractivity contribution in [1.29, 1.82) is 0 Å². The summed E-state index contributed by atoms with van der Waals surface area (Å²) in [5.74, 6) is -0.196. The number of anilines is 1. The molecule has 0 radical (unpaired) electrons. The van der Waals surface area contributed by atoms with E-state index in [0.29, 0.717) is 5.56 Å². The van der Waals surface area contributed by atoms with Gasteiger partial charge in [0.2, 0.25) is 5.91 Å². The minimum Gasteiger partial charge on any atom is -0.394 e. The highest BCUT2D eigenvalue weighted by Gasteiger charge is 2.40. The second-order valence-corrected chi connectivity index (χ2v) is 8.30. The number of aliphatic hydroxyl groups excluding tert-OH is 4. The molecule has 4 rings (SSSR count). The van der Waals surface area contributed by atoms with Gasteiger partial charge in [-0.25, -0.2) is 9.59 Å². The third kappa shape index (κ3) is 6.32. The van der Waals surface area contributed by atoms with E-state index in [-0.39, 0.29) is 57.4 Å². The third-order valence-corrected chi connectivity index (χ3v) is 5.87. The summed E-state index contributed by atoms with van der Waals surface area (Å²) in [6, 6.07) is -0.507. The van der Waals surface area contributed by atoms with Crippen molar-refractivity contribution < 1.29 is 44.2 Å². The normalized spacial score (nSPS) is 30.7. The number of hydrogen-bond acceptors (Lipinski definition) is 12. The van der Waals surface area contributed by atoms with Gasteiger partial charge in [-0.2, -0.15) is 4.98 Å². The number of hydrogen-bond donors (Lipinski definition) is 6. The van der Waals surface area contributed by atoms with Gasteiger partial charge in [-0.1, -0.05) is 0 Å². The molecule has 0 aliphatic carbocycles. The fourth-order valence-electron chi connectivity index (χ4n) is 3.97. The van der Waals surface area contributed by atoms with Crippen LogP contribution in [-0.2, 0) is 25.6 Å². The van der Waals surface area contributed by atoms with Crippen LogP contribution in [-0.4, -0.2) is 104 Å². The predicted octanol–water partition coefficient (Wildman–Crippen LogP) is -2.99. The fraction of sp³-hybridized carbons (Fsp3) is 0.700. The number of carbonyl (C=O) groups excluding carboxylic acids is 2. The van der Waals surface area contributed by atoms with Crippen molar-refractivity contribution in [3.8, 4) is 0 Å². The lowest BCUT2D eigenvalue weighted by Crippen LogP contribution is -2.53. The number of carbonyl (C=O) groups is 2. The third-order valence-electron chi connectivity index (χ3n) is 5.87. The van der Waals surface area contributed by atoms with E-state index < -0.39 is 48.6 Å². The van der Waals surface area contributed by atoms with Crippen LogP contribution in [0, 0.1) is 0 Å². The van der Waals surface area contributed by atoms with Crippen LogP contribution in [0.2, 0.25) is 0 Å². The molecule has 0 unspecified atom stereocenters. The number of nitrogens with two attached hydrogens (primary N) is 1. The van der Waals surface area contributed by atoms with Crippen molar-refractivity contribution in [3.63, 3.8) is 0 Å². The molecule has 6 atom stereocenters. The molecular weight excluding hydrogens is 470 g/mol. The highest BCUT2D eigenvalue weighted by Crippen LogP contribution is 2.28. The maximum atomic E-state index is 11.8. The number of nitrogens with zero attached hydrogens (tertiary/aromatic N) is 3. The summed E-state index contributed by atoms with van der Waals surface area (Å²) in [6.07, 6.45) is -1.97. The number of ether oxygens (including phenoxy) is 3. The molecule has 1 aromatic rings. The maximum absolute atomic E-state index is 11.8. The lowest BCUT2D eigenvalue weighted by atomic mass is 10.2. The highest BCUT2D eigenvalue weighted by molar-refractivity contribution is 5.96. The molecule has 3 saturated heterocycles. The topological polar surface area (TPSA) is 219 Å². The number of aliphatic hydroxyl groups is 4. The van der Waals surface area contributed by atoms with Crippen molar-refractivity contribution in [2.45, 2.75) is 62.7 Å². The van der Waals surface area contributed by atoms with E-state index in [1.54, 1.807) is 0 Å². The molecule has 15 nitrogen and oxygen atoms in total. The van der Waals surface area contributed by atoms with Crippen LogP contribution in [0.4, 0.5) is 10.6 Å². The maximum Gasteiger partial charge on any atom is 0.351 e. The number of amides is 3. The molecule has 3 aliphatic rings. The molecule has 7 N–H and O–H groups in total. The van der Waals surface area contributed by atoms with Gasteiger partial charge in [-0.3, -0.25) is 19.6 Å². The van der Waals surface area contributed by atoms with Crippen molar-refractivity contribution >= 4 is 17.8 Å². The first-order chi connectivity index (χ1) is 16.7. The zero-order chi connectivity index (χ0) is 25.7. The summed E-state index contributed by atoms with van der Waals surface area (Å²) < 4.78 is 16.9. The first kappa shape index (κ1) is 26.9. The van der Waals surface area contributed by atoms with Crippen molar-refractivity contribution in [2.75, 3.05) is 32.6 Å². The molecule has 196 valence electrons. The Hall–Kier alpha value is -2.66. The number of urea groups is 1. The number of nitrogen functional groups attached to an aromatic ring is 1. The Balaban J connectivity index is 0.000000198. The van der Waals surface area contributed by atoms with Gasteiger partial charge in [0.1, 0.15) is 30.5 Å². The molecule has 1 aromatic heterocycles. The van der Waals surface area contributed by atoms with Gasteiger partial charge in [0, 0.05) is 44.7 Å². The van der Waals surface area contributed by atoms with Gasteiger partial charge < -0.3 is 40.4 Å². The minimum absolute atomic E-state index is 0.111. The minimum atomic E-state index is -0.815. The van der Waals surface area contributed by atoms with E-state index in [9.17, 15) is 24.6 Å². The standard InChI is InChI=1S/C11H17N3O5.C9H14N2O5/c1-18-5-6-3-14(11(17)13-10(6)12)9-2-7(16)8(4-15)19-9;12-4-6-5(13)3-8(16-6)11-2-1-7(14)10-9(11)15/h3,7-9,15-16H,2,4-5H2,1H3,(H2,12,13,17);5-6,8,12-13H,1-4H2,(H,10,14,15)/t7-,8+,9+;5-,6+,8+/m00/s1. The Bertz CT molecular complexity index is 959. The number of rotatable bonds is 6. The summed E-state index contributed by atoms with van der Waals surface area (Å²) in [5, 5.41) is 39.3. The van der Waals surface area contributed by atoms with Crippen molar-refractivity contribution in [3.05, 3.63) is 22.2 Å². The quantitative estimate of drug-likeness (QED) is 0.230. The van der Waals surface area contributed by atoms with E-state index in [1.807, 2.05) is 0 Å². The molecule has 0 spiro atoms. The highest BCUT2D eigenvalue weighted by atomic mass is 16.5. The Morgan fingerprint density at radius 1 is 1.11 bits per heavy atom. The molecule has 0 aromatic carbocycles. The Morgan fingerprint density at radius 3 is 2.26 bits per heavy atom. The second kappa shape index (κ2) is 11.9. The molecule has 3 amide bonds. The van der Waals surface area contributed by atoms with Gasteiger partial charge in [0.05, 0.1) is 32.0 Å². The van der Waals surface area contributed by atoms with E-state index in [0.717, 1.165) is 0 Å². The van der Waals surface area contributed by atoms with Gasteiger partial charge >= 0.3 is 11.7 Å². The number of imide groups is 1. The average Bonchev–Trinajstić information content (AvgIpc) is 3.37. The summed E-state index contributed by atoms with van der Waals surface area (Å²) >= 11 is 0. The Kier molecular flexibility index (Phi) is 9.12.